The van der Waals surface area contributed by atoms with E-state index in [0.717, 1.165) is 38.4 Å². The van der Waals surface area contributed by atoms with Crippen LogP contribution in [0.4, 0.5) is 13.2 Å². The van der Waals surface area contributed by atoms with Crippen LogP contribution in [0.1, 0.15) is 49.1 Å². The predicted octanol–water partition coefficient (Wildman–Crippen LogP) is 3.88. The van der Waals surface area contributed by atoms with Crippen LogP contribution in [-0.4, -0.2) is 25.0 Å². The minimum Gasteiger partial charge on any atom is -0.353 e. The Hall–Kier alpha value is -1.27. The molecule has 0 spiro atoms. The Kier molecular flexibility index (Phi) is 6.74. The highest BCUT2D eigenvalue weighted by Gasteiger charge is 2.44. The standard InChI is InChI=1S/C18H23F3N2O.ClH/c19-18(20,21)15-4-2-1-3-13(15)14-11-16(14)23-17(24)6-5-12-7-9-22-10-8-12;/h1-4,12,14,16,22H,5-11H2,(H,23,24);1H. The number of alkyl halides is 3. The van der Waals surface area contributed by atoms with Gasteiger partial charge in [0.2, 0.25) is 5.91 Å². The van der Waals surface area contributed by atoms with E-state index in [-0.39, 0.29) is 30.3 Å². The molecular weight excluding hydrogens is 353 g/mol. The topological polar surface area (TPSA) is 41.1 Å². The first-order valence-electron chi connectivity index (χ1n) is 8.61. The summed E-state index contributed by atoms with van der Waals surface area (Å²) in [4.78, 5) is 12.0. The van der Waals surface area contributed by atoms with E-state index in [0.29, 0.717) is 24.3 Å². The van der Waals surface area contributed by atoms with Gasteiger partial charge in [0.05, 0.1) is 5.56 Å². The maximum atomic E-state index is 13.1. The van der Waals surface area contributed by atoms with E-state index in [2.05, 4.69) is 10.6 Å². The summed E-state index contributed by atoms with van der Waals surface area (Å²) in [6, 6.07) is 5.51. The smallest absolute Gasteiger partial charge is 0.353 e. The molecule has 0 bridgehead atoms. The van der Waals surface area contributed by atoms with E-state index in [9.17, 15) is 18.0 Å². The number of nitrogens with one attached hydrogen (secondary N) is 2. The van der Waals surface area contributed by atoms with Crippen molar-refractivity contribution in [1.29, 1.82) is 0 Å². The number of amides is 1. The normalized spacial score (nSPS) is 23.6. The van der Waals surface area contributed by atoms with Crippen molar-refractivity contribution in [1.82, 2.24) is 10.6 Å². The average Bonchev–Trinajstić information content (AvgIpc) is 3.32. The molecular formula is C18H24ClF3N2O. The number of hydrogen-bond acceptors (Lipinski definition) is 2. The van der Waals surface area contributed by atoms with Gasteiger partial charge >= 0.3 is 6.18 Å². The first-order chi connectivity index (χ1) is 11.4. The minimum atomic E-state index is -4.34. The van der Waals surface area contributed by atoms with E-state index in [1.54, 1.807) is 6.07 Å². The van der Waals surface area contributed by atoms with Gasteiger partial charge in [-0.1, -0.05) is 18.2 Å². The van der Waals surface area contributed by atoms with Gasteiger partial charge in [-0.05, 0) is 56.3 Å². The van der Waals surface area contributed by atoms with Crippen LogP contribution in [0.25, 0.3) is 0 Å². The molecule has 1 amide bonds. The van der Waals surface area contributed by atoms with E-state index in [4.69, 9.17) is 0 Å². The largest absolute Gasteiger partial charge is 0.416 e. The quantitative estimate of drug-likeness (QED) is 0.818. The van der Waals surface area contributed by atoms with Gasteiger partial charge in [0.15, 0.2) is 0 Å². The molecule has 1 saturated heterocycles. The average molecular weight is 377 g/mol. The number of piperidine rings is 1. The van der Waals surface area contributed by atoms with Crippen LogP contribution in [-0.2, 0) is 11.0 Å². The highest BCUT2D eigenvalue weighted by Crippen LogP contribution is 2.46. The van der Waals surface area contributed by atoms with Gasteiger partial charge in [-0.25, -0.2) is 0 Å². The molecule has 0 aromatic heterocycles. The molecule has 1 heterocycles. The zero-order valence-electron chi connectivity index (χ0n) is 13.9. The van der Waals surface area contributed by atoms with Crippen molar-refractivity contribution < 1.29 is 18.0 Å². The Labute approximate surface area is 152 Å². The molecule has 0 radical (unpaired) electrons. The van der Waals surface area contributed by atoms with Crippen molar-refractivity contribution in [3.05, 3.63) is 35.4 Å². The summed E-state index contributed by atoms with van der Waals surface area (Å²) in [5.74, 6) is 0.328. The second kappa shape index (κ2) is 8.41. The third-order valence-electron chi connectivity index (χ3n) is 5.04. The lowest BCUT2D eigenvalue weighted by molar-refractivity contribution is -0.138. The molecule has 1 aliphatic carbocycles. The molecule has 1 saturated carbocycles. The molecule has 2 fully saturated rings. The lowest BCUT2D eigenvalue weighted by Crippen LogP contribution is -2.30. The van der Waals surface area contributed by atoms with Crippen LogP contribution in [0.15, 0.2) is 24.3 Å². The number of rotatable bonds is 5. The van der Waals surface area contributed by atoms with Crippen LogP contribution < -0.4 is 10.6 Å². The van der Waals surface area contributed by atoms with Gasteiger partial charge in [-0.2, -0.15) is 13.2 Å². The van der Waals surface area contributed by atoms with Crippen molar-refractivity contribution >= 4 is 18.3 Å². The van der Waals surface area contributed by atoms with Crippen molar-refractivity contribution in [3.63, 3.8) is 0 Å². The van der Waals surface area contributed by atoms with Crippen LogP contribution in [0, 0.1) is 5.92 Å². The monoisotopic (exact) mass is 376 g/mol. The van der Waals surface area contributed by atoms with Crippen molar-refractivity contribution in [2.24, 2.45) is 5.92 Å². The van der Waals surface area contributed by atoms with Gasteiger partial charge in [0, 0.05) is 18.4 Å². The number of hydrogen-bond donors (Lipinski definition) is 2. The number of benzene rings is 1. The lowest BCUT2D eigenvalue weighted by Gasteiger charge is -2.22. The lowest BCUT2D eigenvalue weighted by atomic mass is 9.93. The van der Waals surface area contributed by atoms with Gasteiger partial charge in [0.25, 0.3) is 0 Å². The minimum absolute atomic E-state index is 0. The van der Waals surface area contributed by atoms with Gasteiger partial charge in [-0.15, -0.1) is 12.4 Å². The first-order valence-corrected chi connectivity index (χ1v) is 8.61. The third-order valence-corrected chi connectivity index (χ3v) is 5.04. The molecule has 7 heteroatoms. The maximum absolute atomic E-state index is 13.1. The Morgan fingerprint density at radius 2 is 1.88 bits per heavy atom. The van der Waals surface area contributed by atoms with Crippen LogP contribution >= 0.6 is 12.4 Å². The Morgan fingerprint density at radius 1 is 1.20 bits per heavy atom. The Balaban J connectivity index is 0.00000225. The van der Waals surface area contributed by atoms with Gasteiger partial charge in [0.1, 0.15) is 0 Å². The highest BCUT2D eigenvalue weighted by atomic mass is 35.5. The van der Waals surface area contributed by atoms with E-state index >= 15 is 0 Å². The molecule has 2 atom stereocenters. The van der Waals surface area contributed by atoms with Gasteiger partial charge < -0.3 is 10.6 Å². The molecule has 3 nitrogen and oxygen atoms in total. The molecule has 3 rings (SSSR count). The summed E-state index contributed by atoms with van der Waals surface area (Å²) in [7, 11) is 0. The SMILES string of the molecule is Cl.O=C(CCC1CCNCC1)NC1CC1c1ccccc1C(F)(F)F. The molecule has 2 aliphatic rings. The third kappa shape index (κ3) is 5.35. The number of carbonyl (C=O) groups excluding carboxylic acids is 1. The van der Waals surface area contributed by atoms with Crippen LogP contribution in [0.2, 0.25) is 0 Å². The second-order valence-electron chi connectivity index (χ2n) is 6.83. The zero-order valence-corrected chi connectivity index (χ0v) is 14.8. The molecule has 1 aliphatic heterocycles. The second-order valence-corrected chi connectivity index (χ2v) is 6.83. The molecule has 1 aromatic carbocycles. The summed E-state index contributed by atoms with van der Waals surface area (Å²) < 4.78 is 39.2. The van der Waals surface area contributed by atoms with E-state index < -0.39 is 11.7 Å². The summed E-state index contributed by atoms with van der Waals surface area (Å²) in [6.45, 7) is 2.01. The van der Waals surface area contributed by atoms with Crippen molar-refractivity contribution in [2.75, 3.05) is 13.1 Å². The maximum Gasteiger partial charge on any atom is 0.416 e. The summed E-state index contributed by atoms with van der Waals surface area (Å²) in [5, 5.41) is 6.19. The summed E-state index contributed by atoms with van der Waals surface area (Å²) >= 11 is 0. The fourth-order valence-electron chi connectivity index (χ4n) is 3.56. The number of carbonyl (C=O) groups is 1. The van der Waals surface area contributed by atoms with E-state index in [1.165, 1.54) is 12.1 Å². The summed E-state index contributed by atoms with van der Waals surface area (Å²) in [6.07, 6.45) is -0.232. The van der Waals surface area contributed by atoms with E-state index in [1.807, 2.05) is 0 Å². The Bertz CT molecular complexity index is 588. The van der Waals surface area contributed by atoms with Crippen molar-refractivity contribution in [2.45, 2.75) is 50.2 Å². The van der Waals surface area contributed by atoms with Crippen LogP contribution in [0.5, 0.6) is 0 Å². The Morgan fingerprint density at radius 3 is 2.56 bits per heavy atom. The van der Waals surface area contributed by atoms with Gasteiger partial charge in [-0.3, -0.25) is 4.79 Å². The molecule has 140 valence electrons. The van der Waals surface area contributed by atoms with Crippen LogP contribution in [0.3, 0.4) is 0 Å². The molecule has 2 N–H and O–H groups in total. The predicted molar refractivity (Wildman–Crippen MR) is 92.8 cm³/mol. The molecule has 25 heavy (non-hydrogen) atoms. The molecule has 2 unspecified atom stereocenters. The zero-order chi connectivity index (χ0) is 17.2. The fraction of sp³-hybridized carbons (Fsp3) is 0.611. The number of halogens is 4. The summed E-state index contributed by atoms with van der Waals surface area (Å²) in [5.41, 5.74) is -0.282. The highest BCUT2D eigenvalue weighted by molar-refractivity contribution is 5.85. The first kappa shape index (κ1) is 20.0. The van der Waals surface area contributed by atoms with Crippen molar-refractivity contribution in [3.8, 4) is 0 Å². The fourth-order valence-corrected chi connectivity index (χ4v) is 3.56. The molecule has 1 aromatic rings.